The van der Waals surface area contributed by atoms with Gasteiger partial charge in [-0.05, 0) is 79.4 Å². The van der Waals surface area contributed by atoms with Gasteiger partial charge in [0, 0.05) is 11.6 Å². The number of nitrogens with zero attached hydrogens (tertiary/aromatic N) is 1. The summed E-state index contributed by atoms with van der Waals surface area (Å²) in [4.78, 5) is 2.55. The minimum absolute atomic E-state index is 0.275. The molecule has 2 nitrogen and oxygen atoms in total. The summed E-state index contributed by atoms with van der Waals surface area (Å²) >= 11 is 0. The van der Waals surface area contributed by atoms with Crippen LogP contribution in [0.5, 0.6) is 0 Å². The maximum absolute atomic E-state index is 3.55. The van der Waals surface area contributed by atoms with Crippen molar-refractivity contribution >= 4 is 0 Å². The smallest absolute Gasteiger partial charge is 0.00965 e. The first kappa shape index (κ1) is 15.0. The maximum atomic E-state index is 3.55. The molecule has 1 rings (SSSR count). The van der Waals surface area contributed by atoms with Crippen LogP contribution in [0.3, 0.4) is 0 Å². The van der Waals surface area contributed by atoms with E-state index in [2.05, 4.69) is 45.0 Å². The summed E-state index contributed by atoms with van der Waals surface area (Å²) in [7, 11) is 2.29. The highest BCUT2D eigenvalue weighted by Gasteiger charge is 2.29. The quantitative estimate of drug-likeness (QED) is 0.655. The molecule has 0 aromatic rings. The Hall–Kier alpha value is -0.0800. The van der Waals surface area contributed by atoms with Crippen molar-refractivity contribution < 1.29 is 0 Å². The Labute approximate surface area is 108 Å². The lowest BCUT2D eigenvalue weighted by atomic mass is 10.1. The fourth-order valence-electron chi connectivity index (χ4n) is 2.27. The summed E-state index contributed by atoms with van der Waals surface area (Å²) in [5, 5.41) is 3.55. The van der Waals surface area contributed by atoms with Crippen LogP contribution in [0.4, 0.5) is 0 Å². The summed E-state index contributed by atoms with van der Waals surface area (Å²) in [6.45, 7) is 11.5. The van der Waals surface area contributed by atoms with Gasteiger partial charge < -0.3 is 10.2 Å². The molecule has 17 heavy (non-hydrogen) atoms. The van der Waals surface area contributed by atoms with Gasteiger partial charge in [-0.15, -0.1) is 0 Å². The lowest BCUT2D eigenvalue weighted by molar-refractivity contribution is 0.229. The largest absolute Gasteiger partial charge is 0.312 e. The molecule has 0 saturated heterocycles. The number of hydrogen-bond donors (Lipinski definition) is 1. The third kappa shape index (κ3) is 7.05. The summed E-state index contributed by atoms with van der Waals surface area (Å²) in [5.74, 6) is 1.00. The number of hydrogen-bond acceptors (Lipinski definition) is 2. The molecule has 102 valence electrons. The number of rotatable bonds is 8. The zero-order chi connectivity index (χ0) is 12.9. The van der Waals surface area contributed by atoms with Gasteiger partial charge in [0.1, 0.15) is 0 Å². The van der Waals surface area contributed by atoms with Crippen molar-refractivity contribution in [1.82, 2.24) is 10.2 Å². The molecule has 0 aromatic carbocycles. The van der Waals surface area contributed by atoms with Gasteiger partial charge in [0.2, 0.25) is 0 Å². The average molecular weight is 240 g/mol. The van der Waals surface area contributed by atoms with Crippen LogP contribution in [0.2, 0.25) is 0 Å². The Bertz CT molecular complexity index is 203. The molecule has 2 heteroatoms. The highest BCUT2D eigenvalue weighted by molar-refractivity contribution is 4.83. The molecule has 0 amide bonds. The molecule has 1 aliphatic rings. The zero-order valence-electron chi connectivity index (χ0n) is 12.6. The van der Waals surface area contributed by atoms with E-state index >= 15 is 0 Å². The van der Waals surface area contributed by atoms with Crippen LogP contribution in [-0.4, -0.2) is 36.6 Å². The number of nitrogens with one attached hydrogen (secondary N) is 1. The summed E-state index contributed by atoms with van der Waals surface area (Å²) in [6.07, 6.45) is 6.93. The lowest BCUT2D eigenvalue weighted by Gasteiger charge is -2.24. The third-order valence-corrected chi connectivity index (χ3v) is 3.84. The van der Waals surface area contributed by atoms with Crippen molar-refractivity contribution in [3.8, 4) is 0 Å². The average Bonchev–Trinajstić information content (AvgIpc) is 3.03. The molecule has 1 saturated carbocycles. The van der Waals surface area contributed by atoms with E-state index < -0.39 is 0 Å². The monoisotopic (exact) mass is 240 g/mol. The molecule has 0 heterocycles. The van der Waals surface area contributed by atoms with E-state index in [1.165, 1.54) is 38.6 Å². The van der Waals surface area contributed by atoms with Gasteiger partial charge in [-0.1, -0.05) is 6.42 Å². The lowest BCUT2D eigenvalue weighted by Crippen LogP contribution is -2.36. The maximum Gasteiger partial charge on any atom is 0.00965 e. The summed E-state index contributed by atoms with van der Waals surface area (Å²) < 4.78 is 0. The molecule has 1 N–H and O–H groups in total. The first-order valence-electron chi connectivity index (χ1n) is 7.35. The molecular weight excluding hydrogens is 208 g/mol. The predicted octanol–water partition coefficient (Wildman–Crippen LogP) is 3.28. The van der Waals surface area contributed by atoms with Gasteiger partial charge in [0.05, 0.1) is 0 Å². The Morgan fingerprint density at radius 1 is 1.18 bits per heavy atom. The summed E-state index contributed by atoms with van der Waals surface area (Å²) in [6, 6.07) is 0.808. The minimum Gasteiger partial charge on any atom is -0.312 e. The van der Waals surface area contributed by atoms with Gasteiger partial charge >= 0.3 is 0 Å². The van der Waals surface area contributed by atoms with Gasteiger partial charge in [-0.3, -0.25) is 0 Å². The highest BCUT2D eigenvalue weighted by atomic mass is 15.1. The van der Waals surface area contributed by atoms with Crippen LogP contribution < -0.4 is 5.32 Å². The van der Waals surface area contributed by atoms with Gasteiger partial charge in [-0.2, -0.15) is 0 Å². The fraction of sp³-hybridized carbons (Fsp3) is 1.00. The van der Waals surface area contributed by atoms with E-state index in [-0.39, 0.29) is 5.54 Å². The molecule has 0 radical (unpaired) electrons. The van der Waals surface area contributed by atoms with Crippen molar-refractivity contribution in [3.05, 3.63) is 0 Å². The minimum atomic E-state index is 0.275. The van der Waals surface area contributed by atoms with E-state index in [4.69, 9.17) is 0 Å². The van der Waals surface area contributed by atoms with E-state index in [9.17, 15) is 0 Å². The number of unbranched alkanes of at least 4 members (excludes halogenated alkanes) is 2. The van der Waals surface area contributed by atoms with Crippen LogP contribution in [0.25, 0.3) is 0 Å². The Morgan fingerprint density at radius 2 is 1.82 bits per heavy atom. The molecule has 1 aliphatic carbocycles. The van der Waals surface area contributed by atoms with Crippen molar-refractivity contribution in [2.24, 2.45) is 5.92 Å². The molecule has 0 aromatic heterocycles. The van der Waals surface area contributed by atoms with Crippen molar-refractivity contribution in [1.29, 1.82) is 0 Å². The van der Waals surface area contributed by atoms with Crippen LogP contribution in [0.1, 0.15) is 59.8 Å². The molecule has 0 spiro atoms. The molecule has 0 bridgehead atoms. The van der Waals surface area contributed by atoms with E-state index in [1.54, 1.807) is 0 Å². The van der Waals surface area contributed by atoms with Crippen LogP contribution >= 0.6 is 0 Å². The standard InChI is InChI=1S/C15H32N2/c1-13(14-9-10-14)17(5)12-8-6-7-11-16-15(2,3)4/h13-14,16H,6-12H2,1-5H3. The normalized spacial score (nSPS) is 18.7. The van der Waals surface area contributed by atoms with E-state index in [0.29, 0.717) is 0 Å². The molecule has 1 atom stereocenters. The van der Waals surface area contributed by atoms with E-state index in [0.717, 1.165) is 18.5 Å². The van der Waals surface area contributed by atoms with E-state index in [1.807, 2.05) is 0 Å². The second-order valence-corrected chi connectivity index (χ2v) is 6.80. The second kappa shape index (κ2) is 6.75. The fourth-order valence-corrected chi connectivity index (χ4v) is 2.27. The SMILES string of the molecule is CC(C1CC1)N(C)CCCCCNC(C)(C)C. The third-order valence-electron chi connectivity index (χ3n) is 3.84. The van der Waals surface area contributed by atoms with Crippen LogP contribution in [0, 0.1) is 5.92 Å². The van der Waals surface area contributed by atoms with Gasteiger partial charge in [0.25, 0.3) is 0 Å². The molecule has 0 aliphatic heterocycles. The second-order valence-electron chi connectivity index (χ2n) is 6.80. The zero-order valence-corrected chi connectivity index (χ0v) is 12.6. The first-order chi connectivity index (χ1) is 7.90. The Kier molecular flexibility index (Phi) is 5.94. The van der Waals surface area contributed by atoms with Crippen molar-refractivity contribution in [3.63, 3.8) is 0 Å². The topological polar surface area (TPSA) is 15.3 Å². The summed E-state index contributed by atoms with van der Waals surface area (Å²) in [5.41, 5.74) is 0.275. The highest BCUT2D eigenvalue weighted by Crippen LogP contribution is 2.34. The Morgan fingerprint density at radius 3 is 2.35 bits per heavy atom. The Balaban J connectivity index is 1.93. The first-order valence-corrected chi connectivity index (χ1v) is 7.35. The van der Waals surface area contributed by atoms with Gasteiger partial charge in [-0.25, -0.2) is 0 Å². The molecule has 1 fully saturated rings. The van der Waals surface area contributed by atoms with Crippen LogP contribution in [0.15, 0.2) is 0 Å². The molecule has 1 unspecified atom stereocenters. The predicted molar refractivity (Wildman–Crippen MR) is 76.4 cm³/mol. The van der Waals surface area contributed by atoms with Crippen LogP contribution in [-0.2, 0) is 0 Å². The van der Waals surface area contributed by atoms with Gasteiger partial charge in [0.15, 0.2) is 0 Å². The van der Waals surface area contributed by atoms with Crippen molar-refractivity contribution in [2.45, 2.75) is 71.4 Å². The molecular formula is C15H32N2. The van der Waals surface area contributed by atoms with Crippen molar-refractivity contribution in [2.75, 3.05) is 20.1 Å².